The lowest BCUT2D eigenvalue weighted by Crippen LogP contribution is -2.33. The van der Waals surface area contributed by atoms with Crippen LogP contribution >= 0.6 is 0 Å². The first-order chi connectivity index (χ1) is 13.5. The number of carbonyl (C=O) groups excluding carboxylic acids is 1. The minimum absolute atomic E-state index is 1.23. The van der Waals surface area contributed by atoms with Crippen molar-refractivity contribution in [2.45, 2.75) is 12.2 Å². The van der Waals surface area contributed by atoms with Crippen molar-refractivity contribution < 1.29 is 58.2 Å². The average Bonchev–Trinajstić information content (AvgIpc) is 2.69. The zero-order valence-electron chi connectivity index (χ0n) is 13.4. The first-order valence-electron chi connectivity index (χ1n) is 7.33. The van der Waals surface area contributed by atoms with Crippen LogP contribution in [0.5, 0.6) is 0 Å². The summed E-state index contributed by atoms with van der Waals surface area (Å²) >= 11 is 0. The molecule has 13 heteroatoms. The van der Waals surface area contributed by atoms with Crippen LogP contribution in [0.15, 0.2) is 0 Å². The summed E-state index contributed by atoms with van der Waals surface area (Å²) in [4.78, 5) is 11.9. The molecule has 1 saturated heterocycles. The van der Waals surface area contributed by atoms with E-state index >= 15 is 0 Å². The first kappa shape index (κ1) is 20.9. The minimum atomic E-state index is -2.56. The summed E-state index contributed by atoms with van der Waals surface area (Å²) in [5, 5.41) is 0. The van der Waals surface area contributed by atoms with E-state index in [-0.39, 0.29) is 0 Å². The Hall–Kier alpha value is -2.83. The number of hydrogen-bond acceptors (Lipinski definition) is 3. The zero-order valence-corrected chi connectivity index (χ0v) is 13.4. The summed E-state index contributed by atoms with van der Waals surface area (Å²) < 4.78 is 143. The molecule has 0 aromatic heterocycles. The SMILES string of the molecule is O=C1OC(c2c(F)c(F)c(F)c(F)c2F)COC1c1c(F)c(F)c(F)c(F)c1F. The Morgan fingerprint density at radius 3 is 1.28 bits per heavy atom. The Balaban J connectivity index is 2.00. The second-order valence-corrected chi connectivity index (χ2v) is 5.61. The summed E-state index contributed by atoms with van der Waals surface area (Å²) in [5.74, 6) is -26.0. The van der Waals surface area contributed by atoms with Crippen LogP contribution in [-0.4, -0.2) is 12.6 Å². The largest absolute Gasteiger partial charge is 0.453 e. The predicted molar refractivity (Wildman–Crippen MR) is 70.0 cm³/mol. The Bertz CT molecular complexity index is 981. The highest BCUT2D eigenvalue weighted by Gasteiger charge is 2.42. The maximum absolute atomic E-state index is 13.8. The molecule has 2 unspecified atom stereocenters. The lowest BCUT2D eigenvalue weighted by Gasteiger charge is -2.29. The van der Waals surface area contributed by atoms with Crippen molar-refractivity contribution in [3.05, 3.63) is 69.3 Å². The van der Waals surface area contributed by atoms with Gasteiger partial charge in [-0.25, -0.2) is 48.7 Å². The van der Waals surface area contributed by atoms with Crippen LogP contribution in [0.4, 0.5) is 43.9 Å². The molecule has 1 aliphatic heterocycles. The van der Waals surface area contributed by atoms with Crippen LogP contribution in [0.2, 0.25) is 0 Å². The summed E-state index contributed by atoms with van der Waals surface area (Å²) in [7, 11) is 0. The van der Waals surface area contributed by atoms with Crippen molar-refractivity contribution in [3.8, 4) is 0 Å². The topological polar surface area (TPSA) is 35.5 Å². The molecule has 3 nitrogen and oxygen atoms in total. The fourth-order valence-electron chi connectivity index (χ4n) is 2.59. The zero-order chi connectivity index (χ0) is 21.8. The third-order valence-electron chi connectivity index (χ3n) is 3.96. The Kier molecular flexibility index (Phi) is 5.19. The Labute approximate surface area is 153 Å². The molecule has 0 amide bonds. The van der Waals surface area contributed by atoms with E-state index < -0.39 is 94.1 Å². The van der Waals surface area contributed by atoms with E-state index in [4.69, 9.17) is 0 Å². The van der Waals surface area contributed by atoms with Crippen molar-refractivity contribution >= 4 is 5.97 Å². The summed E-state index contributed by atoms with van der Waals surface area (Å²) in [5.41, 5.74) is -3.37. The molecule has 3 rings (SSSR count). The second kappa shape index (κ2) is 7.21. The molecular weight excluding hydrogens is 430 g/mol. The quantitative estimate of drug-likeness (QED) is 0.304. The molecule has 1 aliphatic rings. The molecule has 2 atom stereocenters. The van der Waals surface area contributed by atoms with Crippen molar-refractivity contribution in [2.24, 2.45) is 0 Å². The summed E-state index contributed by atoms with van der Waals surface area (Å²) in [6.45, 7) is -1.23. The molecule has 1 heterocycles. The van der Waals surface area contributed by atoms with Crippen LogP contribution in [0, 0.1) is 58.2 Å². The van der Waals surface area contributed by atoms with Gasteiger partial charge in [-0.1, -0.05) is 0 Å². The second-order valence-electron chi connectivity index (χ2n) is 5.61. The maximum Gasteiger partial charge on any atom is 0.340 e. The Morgan fingerprint density at radius 2 is 0.897 bits per heavy atom. The normalized spacial score (nSPS) is 19.4. The number of esters is 1. The van der Waals surface area contributed by atoms with Crippen molar-refractivity contribution in [2.75, 3.05) is 6.61 Å². The molecule has 0 N–H and O–H groups in total. The molecule has 0 saturated carbocycles. The van der Waals surface area contributed by atoms with Gasteiger partial charge in [0.05, 0.1) is 17.7 Å². The highest BCUT2D eigenvalue weighted by Crippen LogP contribution is 2.38. The third kappa shape index (κ3) is 3.09. The van der Waals surface area contributed by atoms with Crippen molar-refractivity contribution in [3.63, 3.8) is 0 Å². The molecule has 0 aliphatic carbocycles. The van der Waals surface area contributed by atoms with E-state index in [9.17, 15) is 48.7 Å². The van der Waals surface area contributed by atoms with E-state index in [1.165, 1.54) is 0 Å². The monoisotopic (exact) mass is 434 g/mol. The lowest BCUT2D eigenvalue weighted by atomic mass is 10.0. The smallest absolute Gasteiger partial charge is 0.340 e. The van der Waals surface area contributed by atoms with Gasteiger partial charge in [0.1, 0.15) is 0 Å². The van der Waals surface area contributed by atoms with E-state index in [0.29, 0.717) is 0 Å². The van der Waals surface area contributed by atoms with E-state index in [1.807, 2.05) is 0 Å². The lowest BCUT2D eigenvalue weighted by molar-refractivity contribution is -0.186. The summed E-state index contributed by atoms with van der Waals surface area (Å²) in [6, 6.07) is 0. The van der Waals surface area contributed by atoms with E-state index in [0.717, 1.165) is 0 Å². The van der Waals surface area contributed by atoms with Crippen LogP contribution in [0.1, 0.15) is 23.3 Å². The van der Waals surface area contributed by atoms with Crippen LogP contribution in [0.3, 0.4) is 0 Å². The molecule has 0 spiro atoms. The number of cyclic esters (lactones) is 1. The first-order valence-corrected chi connectivity index (χ1v) is 7.33. The standard InChI is InChI=1S/C16H4F10O3/c17-5-3(6(18)10(22)13(25)9(5)21)2-1-28-15(16(27)29-2)4-7(19)11(23)14(26)12(24)8(4)20/h2,15H,1H2. The predicted octanol–water partition coefficient (Wildman–Crippen LogP) is 4.43. The van der Waals surface area contributed by atoms with Crippen molar-refractivity contribution in [1.29, 1.82) is 0 Å². The maximum atomic E-state index is 13.8. The number of hydrogen-bond donors (Lipinski definition) is 0. The average molecular weight is 434 g/mol. The molecule has 0 bridgehead atoms. The fraction of sp³-hybridized carbons (Fsp3) is 0.188. The van der Waals surface area contributed by atoms with Gasteiger partial charge in [0, 0.05) is 0 Å². The van der Waals surface area contributed by atoms with Gasteiger partial charge in [0.25, 0.3) is 0 Å². The highest BCUT2D eigenvalue weighted by molar-refractivity contribution is 5.77. The summed E-state index contributed by atoms with van der Waals surface area (Å²) in [6.07, 6.45) is -4.82. The van der Waals surface area contributed by atoms with Crippen LogP contribution in [0.25, 0.3) is 0 Å². The Morgan fingerprint density at radius 1 is 0.552 bits per heavy atom. The number of halogens is 10. The number of ether oxygens (including phenoxy) is 2. The molecule has 2 aromatic rings. The van der Waals surface area contributed by atoms with Crippen LogP contribution in [-0.2, 0) is 14.3 Å². The molecule has 2 aromatic carbocycles. The van der Waals surface area contributed by atoms with Gasteiger partial charge in [0.2, 0.25) is 11.6 Å². The third-order valence-corrected chi connectivity index (χ3v) is 3.96. The van der Waals surface area contributed by atoms with E-state index in [2.05, 4.69) is 9.47 Å². The van der Waals surface area contributed by atoms with Gasteiger partial charge in [-0.05, 0) is 0 Å². The number of carbonyl (C=O) groups is 1. The van der Waals surface area contributed by atoms with Gasteiger partial charge in [0.15, 0.2) is 58.7 Å². The fourth-order valence-corrected chi connectivity index (χ4v) is 2.59. The van der Waals surface area contributed by atoms with Crippen molar-refractivity contribution in [1.82, 2.24) is 0 Å². The molecular formula is C16H4F10O3. The van der Waals surface area contributed by atoms with Gasteiger partial charge in [-0.15, -0.1) is 0 Å². The van der Waals surface area contributed by atoms with Gasteiger partial charge < -0.3 is 9.47 Å². The van der Waals surface area contributed by atoms with Gasteiger partial charge >= 0.3 is 5.97 Å². The van der Waals surface area contributed by atoms with Gasteiger partial charge in [-0.2, -0.15) is 0 Å². The van der Waals surface area contributed by atoms with Crippen LogP contribution < -0.4 is 0 Å². The molecule has 1 fully saturated rings. The molecule has 29 heavy (non-hydrogen) atoms. The molecule has 156 valence electrons. The highest BCUT2D eigenvalue weighted by atomic mass is 19.2. The molecule has 0 radical (unpaired) electrons. The minimum Gasteiger partial charge on any atom is -0.453 e. The van der Waals surface area contributed by atoms with E-state index in [1.54, 1.807) is 0 Å². The number of rotatable bonds is 2. The van der Waals surface area contributed by atoms with Gasteiger partial charge in [-0.3, -0.25) is 0 Å². The number of benzene rings is 2.